The van der Waals surface area contributed by atoms with E-state index in [1.807, 2.05) is 0 Å². The van der Waals surface area contributed by atoms with E-state index in [9.17, 15) is 8.78 Å². The van der Waals surface area contributed by atoms with Crippen molar-refractivity contribution in [1.82, 2.24) is 0 Å². The van der Waals surface area contributed by atoms with Crippen LogP contribution in [0.1, 0.15) is 0 Å². The molecule has 0 aromatic heterocycles. The van der Waals surface area contributed by atoms with Gasteiger partial charge < -0.3 is 5.73 Å². The largest absolute Gasteiger partial charge is 0.324 e. The zero-order valence-corrected chi connectivity index (χ0v) is 4.77. The van der Waals surface area contributed by atoms with Crippen molar-refractivity contribution in [2.24, 2.45) is 5.73 Å². The Hall–Kier alpha value is 0.170. The highest BCUT2D eigenvalue weighted by atomic mass is 32.2. The van der Waals surface area contributed by atoms with Crippen molar-refractivity contribution in [1.29, 1.82) is 0 Å². The molecule has 0 aliphatic carbocycles. The summed E-state index contributed by atoms with van der Waals surface area (Å²) in [6.07, 6.45) is 1.33. The summed E-state index contributed by atoms with van der Waals surface area (Å²) in [6.45, 7) is -0.575. The molecular weight excluding hydrogens is 120 g/mol. The second kappa shape index (κ2) is 2.47. The zero-order valence-electron chi connectivity index (χ0n) is 3.95. The van der Waals surface area contributed by atoms with Gasteiger partial charge in [0.15, 0.2) is 0 Å². The number of thioether (sulfide) groups is 1. The molecule has 4 heteroatoms. The molecule has 0 radical (unpaired) electrons. The maximum Gasteiger partial charge on any atom is 0.305 e. The highest BCUT2D eigenvalue weighted by Gasteiger charge is 2.23. The van der Waals surface area contributed by atoms with E-state index >= 15 is 0 Å². The maximum atomic E-state index is 11.7. The molecule has 2 N–H and O–H groups in total. The minimum atomic E-state index is -2.72. The van der Waals surface area contributed by atoms with Crippen molar-refractivity contribution in [3.8, 4) is 0 Å². The first-order chi connectivity index (χ1) is 3.12. The van der Waals surface area contributed by atoms with Crippen LogP contribution in [0, 0.1) is 0 Å². The molecule has 0 aromatic rings. The monoisotopic (exact) mass is 127 g/mol. The van der Waals surface area contributed by atoms with Crippen LogP contribution in [0.5, 0.6) is 0 Å². The molecule has 0 saturated heterocycles. The molecule has 0 amide bonds. The lowest BCUT2D eigenvalue weighted by Crippen LogP contribution is -2.22. The molecule has 0 unspecified atom stereocenters. The highest BCUT2D eigenvalue weighted by Crippen LogP contribution is 2.23. The van der Waals surface area contributed by atoms with Gasteiger partial charge in [-0.1, -0.05) is 11.8 Å². The van der Waals surface area contributed by atoms with E-state index in [0.29, 0.717) is 11.8 Å². The molecule has 1 nitrogen and oxygen atoms in total. The van der Waals surface area contributed by atoms with E-state index in [0.717, 1.165) is 0 Å². The van der Waals surface area contributed by atoms with Gasteiger partial charge >= 0.3 is 5.25 Å². The summed E-state index contributed by atoms with van der Waals surface area (Å²) < 4.78 is 23.4. The van der Waals surface area contributed by atoms with Crippen molar-refractivity contribution in [3.63, 3.8) is 0 Å². The predicted octanol–water partition coefficient (Wildman–Crippen LogP) is 0.901. The van der Waals surface area contributed by atoms with Crippen molar-refractivity contribution in [2.75, 3.05) is 12.8 Å². The van der Waals surface area contributed by atoms with Crippen molar-refractivity contribution >= 4 is 11.8 Å². The van der Waals surface area contributed by atoms with E-state index in [-0.39, 0.29) is 0 Å². The molecule has 0 atom stereocenters. The number of nitrogens with two attached hydrogens (primary N) is 1. The van der Waals surface area contributed by atoms with E-state index < -0.39 is 11.8 Å². The third kappa shape index (κ3) is 2.82. The van der Waals surface area contributed by atoms with Gasteiger partial charge in [-0.3, -0.25) is 0 Å². The Kier molecular flexibility index (Phi) is 2.53. The van der Waals surface area contributed by atoms with Gasteiger partial charge in [0.1, 0.15) is 0 Å². The van der Waals surface area contributed by atoms with Crippen LogP contribution < -0.4 is 5.73 Å². The van der Waals surface area contributed by atoms with E-state index in [1.54, 1.807) is 0 Å². The summed E-state index contributed by atoms with van der Waals surface area (Å²) in [6, 6.07) is 0. The molecule has 0 spiro atoms. The summed E-state index contributed by atoms with van der Waals surface area (Å²) in [5, 5.41) is -2.72. The molecule has 0 fully saturated rings. The smallest absolute Gasteiger partial charge is 0.305 e. The lowest BCUT2D eigenvalue weighted by atomic mass is 10.7. The van der Waals surface area contributed by atoms with E-state index in [2.05, 4.69) is 5.73 Å². The molecule has 0 aliphatic rings. The predicted molar refractivity (Wildman–Crippen MR) is 27.5 cm³/mol. The van der Waals surface area contributed by atoms with Crippen LogP contribution in [0.2, 0.25) is 0 Å². The van der Waals surface area contributed by atoms with Gasteiger partial charge in [0.05, 0.1) is 6.54 Å². The van der Waals surface area contributed by atoms with Crippen LogP contribution in [0.3, 0.4) is 0 Å². The van der Waals surface area contributed by atoms with Gasteiger partial charge in [-0.25, -0.2) is 0 Å². The van der Waals surface area contributed by atoms with Gasteiger partial charge in [0, 0.05) is 0 Å². The highest BCUT2D eigenvalue weighted by molar-refractivity contribution is 7.99. The Bertz CT molecular complexity index is 50.9. The standard InChI is InChI=1S/C3H7F2NS/c1-7-3(4,5)2-6/h2,6H2,1H3. The molecule has 44 valence electrons. The van der Waals surface area contributed by atoms with Crippen LogP contribution in [0.25, 0.3) is 0 Å². The normalized spacial score (nSPS) is 12.0. The van der Waals surface area contributed by atoms with Gasteiger partial charge in [-0.2, -0.15) is 8.78 Å². The Balaban J connectivity index is 3.36. The van der Waals surface area contributed by atoms with Gasteiger partial charge in [0.2, 0.25) is 0 Å². The van der Waals surface area contributed by atoms with E-state index in [1.165, 1.54) is 6.26 Å². The fourth-order valence-corrected chi connectivity index (χ4v) is 0.250. The number of alkyl halides is 2. The second-order valence-electron chi connectivity index (χ2n) is 1.05. The quantitative estimate of drug-likeness (QED) is 0.596. The molecule has 7 heavy (non-hydrogen) atoms. The second-order valence-corrected chi connectivity index (χ2v) is 2.05. The van der Waals surface area contributed by atoms with Crippen LogP contribution >= 0.6 is 11.8 Å². The number of hydrogen-bond donors (Lipinski definition) is 1. The summed E-state index contributed by atoms with van der Waals surface area (Å²) >= 11 is 0.469. The summed E-state index contributed by atoms with van der Waals surface area (Å²) in [4.78, 5) is 0. The summed E-state index contributed by atoms with van der Waals surface area (Å²) in [7, 11) is 0. The molecule has 0 rings (SSSR count). The fraction of sp³-hybridized carbons (Fsp3) is 1.00. The first kappa shape index (κ1) is 7.17. The average molecular weight is 127 g/mol. The molecular formula is C3H7F2NS. The Labute approximate surface area is 45.3 Å². The van der Waals surface area contributed by atoms with Crippen LogP contribution in [-0.4, -0.2) is 18.1 Å². The summed E-state index contributed by atoms with van der Waals surface area (Å²) in [5.41, 5.74) is 4.65. The minimum Gasteiger partial charge on any atom is -0.324 e. The number of hydrogen-bond acceptors (Lipinski definition) is 2. The molecule has 0 bridgehead atoms. The fourth-order valence-electron chi connectivity index (χ4n) is 0.0833. The zero-order chi connectivity index (χ0) is 5.91. The molecule has 0 heterocycles. The van der Waals surface area contributed by atoms with Crippen molar-refractivity contribution in [2.45, 2.75) is 5.25 Å². The van der Waals surface area contributed by atoms with Crippen LogP contribution in [-0.2, 0) is 0 Å². The Morgan fingerprint density at radius 2 is 2.14 bits per heavy atom. The molecule has 0 aromatic carbocycles. The number of rotatable bonds is 2. The SMILES string of the molecule is CSC(F)(F)CN. The first-order valence-electron chi connectivity index (χ1n) is 1.75. The summed E-state index contributed by atoms with van der Waals surface area (Å²) in [5.74, 6) is 0. The average Bonchev–Trinajstić information content (AvgIpc) is 1.68. The lowest BCUT2D eigenvalue weighted by molar-refractivity contribution is 0.116. The topological polar surface area (TPSA) is 26.0 Å². The van der Waals surface area contributed by atoms with Crippen molar-refractivity contribution in [3.05, 3.63) is 0 Å². The third-order valence-electron chi connectivity index (χ3n) is 0.536. The minimum absolute atomic E-state index is 0.469. The van der Waals surface area contributed by atoms with Crippen LogP contribution in [0.4, 0.5) is 8.78 Å². The van der Waals surface area contributed by atoms with Crippen LogP contribution in [0.15, 0.2) is 0 Å². The van der Waals surface area contributed by atoms with E-state index in [4.69, 9.17) is 0 Å². The maximum absolute atomic E-state index is 11.7. The van der Waals surface area contributed by atoms with Gasteiger partial charge in [-0.05, 0) is 6.26 Å². The lowest BCUT2D eigenvalue weighted by Gasteiger charge is -2.07. The Morgan fingerprint density at radius 3 is 2.14 bits per heavy atom. The number of halogens is 2. The molecule has 0 aliphatic heterocycles. The van der Waals surface area contributed by atoms with Gasteiger partial charge in [-0.15, -0.1) is 0 Å². The van der Waals surface area contributed by atoms with Gasteiger partial charge in [0.25, 0.3) is 0 Å². The molecule has 0 saturated carbocycles. The third-order valence-corrected chi connectivity index (χ3v) is 1.30. The van der Waals surface area contributed by atoms with Crippen molar-refractivity contribution < 1.29 is 8.78 Å². The Morgan fingerprint density at radius 1 is 1.71 bits per heavy atom. The first-order valence-corrected chi connectivity index (χ1v) is 2.98.